The Morgan fingerprint density at radius 2 is 1.97 bits per heavy atom. The molecule has 1 aliphatic carbocycles. The van der Waals surface area contributed by atoms with E-state index in [1.807, 2.05) is 23.6 Å². The molecule has 4 heterocycles. The number of nitrogens with one attached hydrogen (secondary N) is 3. The zero-order valence-electron chi connectivity index (χ0n) is 17.5. The summed E-state index contributed by atoms with van der Waals surface area (Å²) in [6.07, 6.45) is 4.67. The number of fused-ring (bicyclic) bond motifs is 1. The summed E-state index contributed by atoms with van der Waals surface area (Å²) < 4.78 is 1.62. The average molecular weight is 443 g/mol. The Balaban J connectivity index is 1.44. The van der Waals surface area contributed by atoms with Gasteiger partial charge in [0.2, 0.25) is 11.9 Å². The highest BCUT2D eigenvalue weighted by molar-refractivity contribution is 6.39. The maximum absolute atomic E-state index is 12.5. The third-order valence-corrected chi connectivity index (χ3v) is 5.31. The maximum Gasteiger partial charge on any atom is 0.274 e. The van der Waals surface area contributed by atoms with E-state index in [1.165, 1.54) is 6.07 Å². The second-order valence-corrected chi connectivity index (χ2v) is 8.13. The highest BCUT2D eigenvalue weighted by Gasteiger charge is 2.30. The number of pyridine rings is 1. The van der Waals surface area contributed by atoms with Crippen LogP contribution in [0.1, 0.15) is 29.8 Å². The van der Waals surface area contributed by atoms with Crippen LogP contribution in [0.3, 0.4) is 0 Å². The monoisotopic (exact) mass is 443 g/mol. The zero-order chi connectivity index (χ0) is 23.2. The van der Waals surface area contributed by atoms with E-state index in [1.54, 1.807) is 4.52 Å². The molecule has 2 aliphatic rings. The molecular formula is C19H19B2N9O3. The van der Waals surface area contributed by atoms with Gasteiger partial charge in [-0.1, -0.05) is 0 Å². The van der Waals surface area contributed by atoms with Crippen LogP contribution in [0.5, 0.6) is 0 Å². The molecule has 33 heavy (non-hydrogen) atoms. The highest BCUT2D eigenvalue weighted by atomic mass is 16.3. The molecule has 2 fully saturated rings. The Morgan fingerprint density at radius 1 is 1.18 bits per heavy atom. The Kier molecular flexibility index (Phi) is 5.16. The Labute approximate surface area is 191 Å². The van der Waals surface area contributed by atoms with Gasteiger partial charge in [-0.3, -0.25) is 9.59 Å². The summed E-state index contributed by atoms with van der Waals surface area (Å²) in [5.74, 6) is -0.772. The topological polar surface area (TPSA) is 150 Å². The molecule has 5 rings (SSSR count). The van der Waals surface area contributed by atoms with Gasteiger partial charge in [0.25, 0.3) is 5.91 Å². The van der Waals surface area contributed by atoms with Gasteiger partial charge in [0.15, 0.2) is 17.2 Å². The predicted octanol–water partition coefficient (Wildman–Crippen LogP) is -0.508. The van der Waals surface area contributed by atoms with Crippen LogP contribution in [0, 0.1) is 5.92 Å². The summed E-state index contributed by atoms with van der Waals surface area (Å²) in [6, 6.07) is 5.23. The number of carbonyl (C=O) groups excluding carboxylic acids is 2. The van der Waals surface area contributed by atoms with E-state index >= 15 is 0 Å². The van der Waals surface area contributed by atoms with Crippen LogP contribution in [0.25, 0.3) is 5.65 Å². The molecule has 0 atom stereocenters. The molecule has 0 bridgehead atoms. The van der Waals surface area contributed by atoms with Gasteiger partial charge in [-0.15, -0.1) is 15.3 Å². The summed E-state index contributed by atoms with van der Waals surface area (Å²) >= 11 is 0. The molecule has 0 unspecified atom stereocenters. The van der Waals surface area contributed by atoms with Gasteiger partial charge >= 0.3 is 0 Å². The SMILES string of the molecule is [B]C([B])(O)NC(=O)c1nnc(NC(=O)C2CC2)cc1Nc1nc2ccc(N3CCC3)cn2n1. The van der Waals surface area contributed by atoms with Gasteiger partial charge in [-0.25, -0.2) is 4.52 Å². The molecule has 0 aromatic carbocycles. The maximum atomic E-state index is 12.5. The van der Waals surface area contributed by atoms with E-state index in [4.69, 9.17) is 15.7 Å². The molecule has 1 aliphatic heterocycles. The van der Waals surface area contributed by atoms with E-state index in [2.05, 4.69) is 35.8 Å². The molecule has 164 valence electrons. The minimum Gasteiger partial charge on any atom is -0.390 e. The first kappa shape index (κ1) is 21.2. The first-order valence-corrected chi connectivity index (χ1v) is 10.4. The number of hydrogen-bond donors (Lipinski definition) is 4. The molecule has 4 radical (unpaired) electrons. The number of carbonyl (C=O) groups is 2. The summed E-state index contributed by atoms with van der Waals surface area (Å²) in [6.45, 7) is 1.99. The smallest absolute Gasteiger partial charge is 0.274 e. The largest absolute Gasteiger partial charge is 0.390 e. The fraction of sp³-hybridized carbons (Fsp3) is 0.368. The molecule has 1 saturated carbocycles. The van der Waals surface area contributed by atoms with Crippen LogP contribution in [-0.2, 0) is 4.79 Å². The fourth-order valence-electron chi connectivity index (χ4n) is 3.34. The third-order valence-electron chi connectivity index (χ3n) is 5.31. The Bertz CT molecular complexity index is 1230. The van der Waals surface area contributed by atoms with Gasteiger partial charge in [-0.05, 0) is 31.4 Å². The van der Waals surface area contributed by atoms with Crippen molar-refractivity contribution in [3.8, 4) is 0 Å². The molecule has 2 amide bonds. The number of rotatable bonds is 7. The minimum atomic E-state index is -2.45. The number of hydrogen-bond acceptors (Lipinski definition) is 9. The van der Waals surface area contributed by atoms with Gasteiger partial charge < -0.3 is 26.0 Å². The summed E-state index contributed by atoms with van der Waals surface area (Å²) in [5.41, 5.74) is -0.921. The molecule has 3 aromatic heterocycles. The van der Waals surface area contributed by atoms with Crippen molar-refractivity contribution in [2.75, 3.05) is 28.6 Å². The zero-order valence-corrected chi connectivity index (χ0v) is 17.5. The summed E-state index contributed by atoms with van der Waals surface area (Å²) in [4.78, 5) is 31.3. The van der Waals surface area contributed by atoms with E-state index in [9.17, 15) is 14.7 Å². The van der Waals surface area contributed by atoms with Crippen LogP contribution in [0.2, 0.25) is 0 Å². The molecule has 0 spiro atoms. The fourth-order valence-corrected chi connectivity index (χ4v) is 3.34. The second-order valence-electron chi connectivity index (χ2n) is 8.13. The number of anilines is 4. The lowest BCUT2D eigenvalue weighted by Gasteiger charge is -2.32. The summed E-state index contributed by atoms with van der Waals surface area (Å²) in [5, 5.41) is 29.3. The van der Waals surface area contributed by atoms with Gasteiger partial charge in [0, 0.05) is 30.6 Å². The van der Waals surface area contributed by atoms with E-state index in [-0.39, 0.29) is 35.0 Å². The second kappa shape index (κ2) is 8.03. The highest BCUT2D eigenvalue weighted by Crippen LogP contribution is 2.30. The first-order chi connectivity index (χ1) is 15.7. The average Bonchev–Trinajstić information content (AvgIpc) is 3.46. The lowest BCUT2D eigenvalue weighted by atomic mass is 9.73. The molecule has 14 heteroatoms. The first-order valence-electron chi connectivity index (χ1n) is 10.4. The van der Waals surface area contributed by atoms with Crippen molar-refractivity contribution in [3.05, 3.63) is 30.1 Å². The number of amides is 2. The molecule has 12 nitrogen and oxygen atoms in total. The minimum absolute atomic E-state index is 0.0450. The lowest BCUT2D eigenvalue weighted by Crippen LogP contribution is -2.49. The van der Waals surface area contributed by atoms with Crippen molar-refractivity contribution in [2.24, 2.45) is 5.92 Å². The van der Waals surface area contributed by atoms with Crippen molar-refractivity contribution in [1.82, 2.24) is 30.1 Å². The number of aliphatic hydroxyl groups is 1. The van der Waals surface area contributed by atoms with E-state index < -0.39 is 11.4 Å². The van der Waals surface area contributed by atoms with Crippen molar-refractivity contribution < 1.29 is 14.7 Å². The normalized spacial score (nSPS) is 15.7. The predicted molar refractivity (Wildman–Crippen MR) is 120 cm³/mol. The molecule has 1 saturated heterocycles. The standard InChI is InChI=1S/C19H19B2N9O3/c20-19(21,33)25-17(32)15-12(8-13(26-27-15)23-16(31)10-2-3-10)22-18-24-14-5-4-11(9-30(14)28-18)29-6-1-7-29/h4-5,8-10,33H,1-3,6-7H2,(H,25,32)(H2,22,23,26,28,31). The third kappa shape index (κ3) is 4.75. The Morgan fingerprint density at radius 3 is 2.64 bits per heavy atom. The lowest BCUT2D eigenvalue weighted by molar-refractivity contribution is -0.117. The van der Waals surface area contributed by atoms with E-state index in [0.717, 1.165) is 38.0 Å². The Hall–Kier alpha value is -3.67. The number of nitrogens with zero attached hydrogens (tertiary/aromatic N) is 6. The van der Waals surface area contributed by atoms with Crippen LogP contribution < -0.4 is 20.9 Å². The molecule has 3 aromatic rings. The van der Waals surface area contributed by atoms with Crippen LogP contribution in [0.15, 0.2) is 24.4 Å². The van der Waals surface area contributed by atoms with Crippen LogP contribution in [-0.4, -0.2) is 76.0 Å². The number of aromatic nitrogens is 5. The quantitative estimate of drug-likeness (QED) is 0.280. The van der Waals surface area contributed by atoms with Crippen molar-refractivity contribution in [3.63, 3.8) is 0 Å². The van der Waals surface area contributed by atoms with Crippen LogP contribution in [0.4, 0.5) is 23.1 Å². The molecule has 4 N–H and O–H groups in total. The van der Waals surface area contributed by atoms with Gasteiger partial charge in [0.1, 0.15) is 15.7 Å². The van der Waals surface area contributed by atoms with E-state index in [0.29, 0.717) is 5.65 Å². The molecular weight excluding hydrogens is 424 g/mol. The van der Waals surface area contributed by atoms with Crippen molar-refractivity contribution >= 4 is 56.3 Å². The van der Waals surface area contributed by atoms with Gasteiger partial charge in [-0.2, -0.15) is 4.98 Å². The van der Waals surface area contributed by atoms with Crippen molar-refractivity contribution in [1.29, 1.82) is 0 Å². The summed E-state index contributed by atoms with van der Waals surface area (Å²) in [7, 11) is 10.5. The van der Waals surface area contributed by atoms with Crippen LogP contribution >= 0.6 is 0 Å². The van der Waals surface area contributed by atoms with Crippen molar-refractivity contribution in [2.45, 2.75) is 24.8 Å². The van der Waals surface area contributed by atoms with Gasteiger partial charge in [0.05, 0.1) is 17.6 Å².